The maximum absolute atomic E-state index is 12.1. The summed E-state index contributed by atoms with van der Waals surface area (Å²) in [6.45, 7) is 5.52. The van der Waals surface area contributed by atoms with Crippen LogP contribution >= 0.6 is 0 Å². The zero-order valence-corrected chi connectivity index (χ0v) is 11.9. The molecule has 1 fully saturated rings. The van der Waals surface area contributed by atoms with Crippen LogP contribution in [0.3, 0.4) is 0 Å². The van der Waals surface area contributed by atoms with Crippen LogP contribution < -0.4 is 10.6 Å². The van der Waals surface area contributed by atoms with E-state index < -0.39 is 28.9 Å². The van der Waals surface area contributed by atoms with Gasteiger partial charge < -0.3 is 15.4 Å². The molecule has 1 aromatic rings. The van der Waals surface area contributed by atoms with E-state index in [1.54, 1.807) is 13.0 Å². The van der Waals surface area contributed by atoms with Crippen LogP contribution in [0.2, 0.25) is 0 Å². The van der Waals surface area contributed by atoms with Gasteiger partial charge in [-0.05, 0) is 12.5 Å². The number of hydrogen-bond donors (Lipinski definition) is 2. The second kappa shape index (κ2) is 6.25. The maximum Gasteiger partial charge on any atom is 0.319 e. The van der Waals surface area contributed by atoms with Gasteiger partial charge in [0.1, 0.15) is 5.92 Å². The first kappa shape index (κ1) is 15.5. The van der Waals surface area contributed by atoms with Gasteiger partial charge in [0.15, 0.2) is 0 Å². The molecule has 0 bridgehead atoms. The largest absolute Gasteiger partial charge is 0.465 e. The van der Waals surface area contributed by atoms with Crippen molar-refractivity contribution >= 4 is 17.7 Å². The van der Waals surface area contributed by atoms with Gasteiger partial charge >= 0.3 is 12.0 Å². The monoisotopic (exact) mass is 305 g/mol. The normalized spacial score (nSPS) is 20.8. The summed E-state index contributed by atoms with van der Waals surface area (Å²) >= 11 is 0. The number of nitro groups is 1. The van der Waals surface area contributed by atoms with Gasteiger partial charge in [-0.2, -0.15) is 0 Å². The molecule has 116 valence electrons. The van der Waals surface area contributed by atoms with Gasteiger partial charge in [-0.15, -0.1) is 0 Å². The molecule has 2 atom stereocenters. The molecule has 0 aliphatic carbocycles. The van der Waals surface area contributed by atoms with Gasteiger partial charge in [-0.25, -0.2) is 4.79 Å². The topological polar surface area (TPSA) is 111 Å². The first-order valence-corrected chi connectivity index (χ1v) is 6.61. The number of rotatable bonds is 4. The van der Waals surface area contributed by atoms with Crippen LogP contribution in [0.25, 0.3) is 0 Å². The molecule has 1 aliphatic heterocycles. The predicted octanol–water partition coefficient (Wildman–Crippen LogP) is 1.64. The summed E-state index contributed by atoms with van der Waals surface area (Å²) < 4.78 is 4.99. The highest BCUT2D eigenvalue weighted by Gasteiger charge is 2.39. The number of nitro benzene ring substituents is 1. The van der Waals surface area contributed by atoms with E-state index >= 15 is 0 Å². The number of carbonyl (C=O) groups is 2. The van der Waals surface area contributed by atoms with Crippen molar-refractivity contribution in [2.24, 2.45) is 5.92 Å². The zero-order chi connectivity index (χ0) is 16.3. The molecule has 2 rings (SSSR count). The minimum atomic E-state index is -0.861. The third-order valence-corrected chi connectivity index (χ3v) is 3.25. The third kappa shape index (κ3) is 3.05. The molecule has 1 heterocycles. The lowest BCUT2D eigenvalue weighted by atomic mass is 9.89. The molecular formula is C14H15N3O5. The summed E-state index contributed by atoms with van der Waals surface area (Å²) in [5, 5.41) is 15.9. The fourth-order valence-corrected chi connectivity index (χ4v) is 2.30. The third-order valence-electron chi connectivity index (χ3n) is 3.25. The van der Waals surface area contributed by atoms with Crippen molar-refractivity contribution in [1.82, 2.24) is 10.6 Å². The Morgan fingerprint density at radius 1 is 1.50 bits per heavy atom. The maximum atomic E-state index is 12.1. The number of non-ortho nitro benzene ring substituents is 1. The van der Waals surface area contributed by atoms with E-state index in [9.17, 15) is 19.7 Å². The van der Waals surface area contributed by atoms with Gasteiger partial charge in [0.25, 0.3) is 5.69 Å². The highest BCUT2D eigenvalue weighted by Crippen LogP contribution is 2.31. The zero-order valence-electron chi connectivity index (χ0n) is 11.9. The lowest BCUT2D eigenvalue weighted by Crippen LogP contribution is -2.51. The lowest BCUT2D eigenvalue weighted by Gasteiger charge is -2.33. The molecule has 22 heavy (non-hydrogen) atoms. The number of nitrogens with one attached hydrogen (secondary N) is 2. The molecule has 0 spiro atoms. The van der Waals surface area contributed by atoms with Crippen molar-refractivity contribution in [3.05, 3.63) is 52.2 Å². The Bertz CT molecular complexity index is 643. The van der Waals surface area contributed by atoms with Crippen LogP contribution in [0.5, 0.6) is 0 Å². The first-order valence-electron chi connectivity index (χ1n) is 6.61. The summed E-state index contributed by atoms with van der Waals surface area (Å²) in [5.41, 5.74) is 0.500. The molecule has 0 radical (unpaired) electrons. The molecule has 8 heteroatoms. The molecule has 2 amide bonds. The summed E-state index contributed by atoms with van der Waals surface area (Å²) in [6, 6.07) is 4.44. The molecular weight excluding hydrogens is 290 g/mol. The molecule has 2 N–H and O–H groups in total. The van der Waals surface area contributed by atoms with Crippen LogP contribution in [-0.2, 0) is 9.53 Å². The average Bonchev–Trinajstić information content (AvgIpc) is 2.46. The van der Waals surface area contributed by atoms with Gasteiger partial charge in [-0.1, -0.05) is 18.7 Å². The Kier molecular flexibility index (Phi) is 4.40. The van der Waals surface area contributed by atoms with Gasteiger partial charge in [0.05, 0.1) is 17.6 Å². The minimum absolute atomic E-state index is 0.126. The van der Waals surface area contributed by atoms with Crippen molar-refractivity contribution in [1.29, 1.82) is 0 Å². The first-order chi connectivity index (χ1) is 10.4. The van der Waals surface area contributed by atoms with Crippen molar-refractivity contribution in [3.63, 3.8) is 0 Å². The Morgan fingerprint density at radius 2 is 2.23 bits per heavy atom. The Labute approximate surface area is 126 Å². The number of nitrogens with zero attached hydrogens (tertiary/aromatic N) is 1. The van der Waals surface area contributed by atoms with E-state index in [0.29, 0.717) is 5.56 Å². The summed E-state index contributed by atoms with van der Waals surface area (Å²) in [6.07, 6.45) is 0. The lowest BCUT2D eigenvalue weighted by molar-refractivity contribution is -0.384. The summed E-state index contributed by atoms with van der Waals surface area (Å²) in [7, 11) is 0. The second-order valence-electron chi connectivity index (χ2n) is 4.68. The fraction of sp³-hybridized carbons (Fsp3) is 0.286. The van der Waals surface area contributed by atoms with Crippen LogP contribution in [0.1, 0.15) is 18.5 Å². The van der Waals surface area contributed by atoms with Crippen molar-refractivity contribution in [2.75, 3.05) is 6.61 Å². The Hall–Kier alpha value is -2.90. The van der Waals surface area contributed by atoms with E-state index in [-0.39, 0.29) is 18.0 Å². The fourth-order valence-electron chi connectivity index (χ4n) is 2.30. The molecule has 8 nitrogen and oxygen atoms in total. The Morgan fingerprint density at radius 3 is 2.86 bits per heavy atom. The van der Waals surface area contributed by atoms with Crippen molar-refractivity contribution in [3.8, 4) is 0 Å². The number of carbonyl (C=O) groups excluding carboxylic acids is 2. The molecule has 1 aliphatic rings. The van der Waals surface area contributed by atoms with E-state index in [2.05, 4.69) is 17.2 Å². The van der Waals surface area contributed by atoms with Crippen molar-refractivity contribution < 1.29 is 19.2 Å². The number of hydrogen-bond acceptors (Lipinski definition) is 5. The number of ether oxygens (including phenoxy) is 1. The van der Waals surface area contributed by atoms with Crippen LogP contribution in [0.4, 0.5) is 10.5 Å². The molecule has 0 saturated carbocycles. The quantitative estimate of drug-likeness (QED) is 0.499. The highest BCUT2D eigenvalue weighted by atomic mass is 16.6. The minimum Gasteiger partial charge on any atom is -0.465 e. The Balaban J connectivity index is 2.40. The summed E-state index contributed by atoms with van der Waals surface area (Å²) in [5.74, 6) is -1.42. The highest BCUT2D eigenvalue weighted by molar-refractivity contribution is 5.85. The number of benzene rings is 1. The number of amides is 2. The van der Waals surface area contributed by atoms with Gasteiger partial charge in [-0.3, -0.25) is 14.9 Å². The number of urea groups is 1. The van der Waals surface area contributed by atoms with Gasteiger partial charge in [0, 0.05) is 17.8 Å². The van der Waals surface area contributed by atoms with Gasteiger partial charge in [0.2, 0.25) is 0 Å². The van der Waals surface area contributed by atoms with Crippen LogP contribution in [0.15, 0.2) is 36.5 Å². The molecule has 0 aromatic heterocycles. The second-order valence-corrected chi connectivity index (χ2v) is 4.68. The van der Waals surface area contributed by atoms with Crippen LogP contribution in [-0.4, -0.2) is 23.5 Å². The predicted molar refractivity (Wildman–Crippen MR) is 76.8 cm³/mol. The molecule has 1 saturated heterocycles. The van der Waals surface area contributed by atoms with E-state index in [4.69, 9.17) is 4.74 Å². The molecule has 2 unspecified atom stereocenters. The SMILES string of the molecule is C=C1NC(=O)NC(c2cccc([N+](=O)[O-])c2)C1C(=O)OCC. The average molecular weight is 305 g/mol. The smallest absolute Gasteiger partial charge is 0.319 e. The number of esters is 1. The van der Waals surface area contributed by atoms with E-state index in [1.165, 1.54) is 18.2 Å². The van der Waals surface area contributed by atoms with Crippen LogP contribution in [0, 0.1) is 16.0 Å². The standard InChI is InChI=1S/C14H15N3O5/c1-3-22-13(18)11-8(2)15-14(19)16-12(11)9-5-4-6-10(7-9)17(20)21/h4-7,11-12H,2-3H2,1H3,(H2,15,16,19). The van der Waals surface area contributed by atoms with E-state index in [1.807, 2.05) is 0 Å². The van der Waals surface area contributed by atoms with Crippen molar-refractivity contribution in [2.45, 2.75) is 13.0 Å². The molecule has 1 aromatic carbocycles. The summed E-state index contributed by atoms with van der Waals surface area (Å²) in [4.78, 5) is 34.1. The van der Waals surface area contributed by atoms with E-state index in [0.717, 1.165) is 0 Å².